The predicted octanol–water partition coefficient (Wildman–Crippen LogP) is 2.78. The highest BCUT2D eigenvalue weighted by atomic mass is 35.5. The second-order valence-corrected chi connectivity index (χ2v) is 8.03. The zero-order valence-electron chi connectivity index (χ0n) is 14.4. The van der Waals surface area contributed by atoms with Crippen LogP contribution < -0.4 is 5.43 Å². The summed E-state index contributed by atoms with van der Waals surface area (Å²) in [5.74, 6) is -2.42. The lowest BCUT2D eigenvalue weighted by Gasteiger charge is -2.16. The van der Waals surface area contributed by atoms with E-state index in [-0.39, 0.29) is 16.2 Å². The third kappa shape index (κ3) is 5.09. The van der Waals surface area contributed by atoms with Crippen molar-refractivity contribution in [2.75, 3.05) is 13.6 Å². The molecular weight excluding hydrogens is 400 g/mol. The van der Waals surface area contributed by atoms with Crippen LogP contribution in [0.25, 0.3) is 0 Å². The molecule has 0 fully saturated rings. The topological polar surface area (TPSA) is 78.8 Å². The molecule has 0 unspecified atom stereocenters. The van der Waals surface area contributed by atoms with Gasteiger partial charge in [-0.15, -0.1) is 0 Å². The number of hydrazone groups is 1. The van der Waals surface area contributed by atoms with Crippen molar-refractivity contribution in [1.29, 1.82) is 0 Å². The minimum atomic E-state index is -3.91. The van der Waals surface area contributed by atoms with Crippen LogP contribution in [0.4, 0.5) is 8.78 Å². The molecule has 0 spiro atoms. The molecule has 0 aromatic heterocycles. The average Bonchev–Trinajstić information content (AvgIpc) is 2.60. The fraction of sp³-hybridized carbons (Fsp3) is 0.176. The summed E-state index contributed by atoms with van der Waals surface area (Å²) < 4.78 is 53.0. The number of sulfonamides is 1. The van der Waals surface area contributed by atoms with Crippen molar-refractivity contribution in [2.24, 2.45) is 5.10 Å². The standard InChI is InChI=1S/C17H16ClF2N3O3S/c1-11(17-14(19)4-3-5-15(17)20)21-22-16(24)10-23(2)27(25,26)13-8-6-12(18)7-9-13/h3-9H,10H2,1-2H3,(H,22,24)/b21-11-. The summed E-state index contributed by atoms with van der Waals surface area (Å²) in [5, 5.41) is 4.01. The van der Waals surface area contributed by atoms with Gasteiger partial charge in [0, 0.05) is 12.1 Å². The number of carbonyl (C=O) groups is 1. The van der Waals surface area contributed by atoms with Crippen LogP contribution in [0.1, 0.15) is 12.5 Å². The second kappa shape index (κ2) is 8.55. The Kier molecular flexibility index (Phi) is 6.63. The SMILES string of the molecule is C/C(=N/NC(=O)CN(C)S(=O)(=O)c1ccc(Cl)cc1)c1c(F)cccc1F. The molecule has 1 amide bonds. The molecule has 0 aliphatic heterocycles. The summed E-state index contributed by atoms with van der Waals surface area (Å²) >= 11 is 5.73. The lowest BCUT2D eigenvalue weighted by molar-refractivity contribution is -0.121. The maximum Gasteiger partial charge on any atom is 0.255 e. The van der Waals surface area contributed by atoms with E-state index in [2.05, 4.69) is 10.5 Å². The lowest BCUT2D eigenvalue weighted by Crippen LogP contribution is -2.37. The molecule has 2 aromatic carbocycles. The molecule has 0 aliphatic rings. The summed E-state index contributed by atoms with van der Waals surface area (Å²) in [4.78, 5) is 11.9. The quantitative estimate of drug-likeness (QED) is 0.582. The Labute approximate surface area is 160 Å². The first kappa shape index (κ1) is 20.9. The van der Waals surface area contributed by atoms with Crippen molar-refractivity contribution in [2.45, 2.75) is 11.8 Å². The summed E-state index contributed by atoms with van der Waals surface area (Å²) in [6, 6.07) is 8.79. The van der Waals surface area contributed by atoms with Gasteiger partial charge < -0.3 is 0 Å². The highest BCUT2D eigenvalue weighted by Gasteiger charge is 2.23. The summed E-state index contributed by atoms with van der Waals surface area (Å²) in [6.07, 6.45) is 0. The third-order valence-corrected chi connectivity index (χ3v) is 5.63. The zero-order valence-corrected chi connectivity index (χ0v) is 16.0. The average molecular weight is 416 g/mol. The Morgan fingerprint density at radius 1 is 1.15 bits per heavy atom. The van der Waals surface area contributed by atoms with Gasteiger partial charge in [-0.1, -0.05) is 17.7 Å². The molecule has 2 rings (SSSR count). The number of benzene rings is 2. The molecular formula is C17H16ClF2N3O3S. The van der Waals surface area contributed by atoms with Crippen LogP contribution in [-0.4, -0.2) is 37.9 Å². The Morgan fingerprint density at radius 2 is 1.70 bits per heavy atom. The number of nitrogens with one attached hydrogen (secondary N) is 1. The molecule has 0 atom stereocenters. The molecule has 10 heteroatoms. The monoisotopic (exact) mass is 415 g/mol. The van der Waals surface area contributed by atoms with E-state index < -0.39 is 34.1 Å². The van der Waals surface area contributed by atoms with E-state index in [1.807, 2.05) is 0 Å². The number of hydrogen-bond acceptors (Lipinski definition) is 4. The molecule has 27 heavy (non-hydrogen) atoms. The molecule has 144 valence electrons. The molecule has 0 saturated heterocycles. The first-order valence-electron chi connectivity index (χ1n) is 7.62. The van der Waals surface area contributed by atoms with E-state index in [0.29, 0.717) is 5.02 Å². The molecule has 6 nitrogen and oxygen atoms in total. The van der Waals surface area contributed by atoms with Crippen LogP contribution in [0.2, 0.25) is 5.02 Å². The van der Waals surface area contributed by atoms with Gasteiger partial charge in [0.1, 0.15) is 11.6 Å². The first-order chi connectivity index (χ1) is 12.6. The fourth-order valence-corrected chi connectivity index (χ4v) is 3.41. The second-order valence-electron chi connectivity index (χ2n) is 5.54. The van der Waals surface area contributed by atoms with Crippen molar-refractivity contribution in [3.63, 3.8) is 0 Å². The van der Waals surface area contributed by atoms with E-state index >= 15 is 0 Å². The molecule has 0 bridgehead atoms. The Balaban J connectivity index is 2.07. The van der Waals surface area contributed by atoms with Gasteiger partial charge in [-0.05, 0) is 43.3 Å². The first-order valence-corrected chi connectivity index (χ1v) is 9.44. The normalized spacial score (nSPS) is 12.3. The van der Waals surface area contributed by atoms with E-state index in [1.54, 1.807) is 0 Å². The van der Waals surface area contributed by atoms with Gasteiger partial charge in [0.05, 0.1) is 22.7 Å². The van der Waals surface area contributed by atoms with Crippen LogP contribution in [0, 0.1) is 11.6 Å². The number of amides is 1. The van der Waals surface area contributed by atoms with Crippen LogP contribution in [-0.2, 0) is 14.8 Å². The van der Waals surface area contributed by atoms with Crippen molar-refractivity contribution in [3.05, 3.63) is 64.7 Å². The number of halogens is 3. The smallest absolute Gasteiger partial charge is 0.255 e. The summed E-state index contributed by atoms with van der Waals surface area (Å²) in [5.41, 5.74) is 1.62. The van der Waals surface area contributed by atoms with Crippen molar-refractivity contribution >= 4 is 33.2 Å². The Morgan fingerprint density at radius 3 is 2.26 bits per heavy atom. The number of likely N-dealkylation sites (N-methyl/N-ethyl adjacent to an activating group) is 1. The largest absolute Gasteiger partial charge is 0.272 e. The summed E-state index contributed by atoms with van der Waals surface area (Å²) in [7, 11) is -2.69. The minimum Gasteiger partial charge on any atom is -0.272 e. The summed E-state index contributed by atoms with van der Waals surface area (Å²) in [6.45, 7) is 0.775. The third-order valence-electron chi connectivity index (χ3n) is 3.56. The van der Waals surface area contributed by atoms with Crippen LogP contribution in [0.15, 0.2) is 52.5 Å². The van der Waals surface area contributed by atoms with E-state index in [0.717, 1.165) is 16.4 Å². The highest BCUT2D eigenvalue weighted by molar-refractivity contribution is 7.89. The van der Waals surface area contributed by atoms with Gasteiger partial charge in [-0.3, -0.25) is 4.79 Å². The zero-order chi connectivity index (χ0) is 20.2. The maximum atomic E-state index is 13.7. The van der Waals surface area contributed by atoms with Crippen molar-refractivity contribution in [1.82, 2.24) is 9.73 Å². The minimum absolute atomic E-state index is 0.0321. The van der Waals surface area contributed by atoms with Crippen LogP contribution in [0.5, 0.6) is 0 Å². The molecule has 0 radical (unpaired) electrons. The van der Waals surface area contributed by atoms with E-state index in [4.69, 9.17) is 11.6 Å². The van der Waals surface area contributed by atoms with Gasteiger partial charge >= 0.3 is 0 Å². The van der Waals surface area contributed by atoms with Crippen molar-refractivity contribution in [3.8, 4) is 0 Å². The van der Waals surface area contributed by atoms with Crippen LogP contribution in [0.3, 0.4) is 0 Å². The number of rotatable bonds is 6. The Bertz CT molecular complexity index is 959. The van der Waals surface area contributed by atoms with E-state index in [1.165, 1.54) is 44.3 Å². The molecule has 0 saturated carbocycles. The number of nitrogens with zero attached hydrogens (tertiary/aromatic N) is 2. The van der Waals surface area contributed by atoms with Crippen LogP contribution >= 0.6 is 11.6 Å². The van der Waals surface area contributed by atoms with Gasteiger partial charge in [0.2, 0.25) is 10.0 Å². The van der Waals surface area contributed by atoms with Crippen molar-refractivity contribution < 1.29 is 22.0 Å². The fourth-order valence-electron chi connectivity index (χ4n) is 2.15. The maximum absolute atomic E-state index is 13.7. The number of carbonyl (C=O) groups excluding carboxylic acids is 1. The predicted molar refractivity (Wildman–Crippen MR) is 98.0 cm³/mol. The van der Waals surface area contributed by atoms with Gasteiger partial charge in [-0.2, -0.15) is 9.41 Å². The van der Waals surface area contributed by atoms with Gasteiger partial charge in [0.25, 0.3) is 5.91 Å². The molecule has 0 heterocycles. The number of hydrogen-bond donors (Lipinski definition) is 1. The highest BCUT2D eigenvalue weighted by Crippen LogP contribution is 2.17. The lowest BCUT2D eigenvalue weighted by atomic mass is 10.1. The van der Waals surface area contributed by atoms with E-state index in [9.17, 15) is 22.0 Å². The Hall–Kier alpha value is -2.36. The van der Waals surface area contributed by atoms with Gasteiger partial charge in [-0.25, -0.2) is 22.6 Å². The van der Waals surface area contributed by atoms with Gasteiger partial charge in [0.15, 0.2) is 0 Å². The molecule has 0 aliphatic carbocycles. The molecule has 2 aromatic rings. The molecule has 1 N–H and O–H groups in total.